The number of anilines is 3. The first-order valence-electron chi connectivity index (χ1n) is 12.0. The van der Waals surface area contributed by atoms with E-state index < -0.39 is 23.7 Å². The zero-order chi connectivity index (χ0) is 27.4. The van der Waals surface area contributed by atoms with E-state index in [1.807, 2.05) is 19.1 Å². The van der Waals surface area contributed by atoms with Gasteiger partial charge in [0, 0.05) is 16.9 Å². The molecule has 0 bridgehead atoms. The van der Waals surface area contributed by atoms with Crippen LogP contribution in [0.2, 0.25) is 0 Å². The number of esters is 1. The number of hydrogen-bond donors (Lipinski definition) is 2. The third kappa shape index (κ3) is 5.76. The van der Waals surface area contributed by atoms with Gasteiger partial charge in [0.05, 0.1) is 17.4 Å². The van der Waals surface area contributed by atoms with Gasteiger partial charge in [0.15, 0.2) is 0 Å². The highest BCUT2D eigenvalue weighted by Crippen LogP contribution is 2.30. The Kier molecular flexibility index (Phi) is 7.93. The molecule has 0 aromatic heterocycles. The number of halogens is 1. The molecule has 9 heteroatoms. The monoisotopic (exact) mass is 531 g/mol. The van der Waals surface area contributed by atoms with Crippen LogP contribution in [0.25, 0.3) is 0 Å². The molecule has 0 atom stereocenters. The largest absolute Gasteiger partial charge is 0.459 e. The van der Waals surface area contributed by atoms with Crippen molar-refractivity contribution in [3.8, 4) is 0 Å². The summed E-state index contributed by atoms with van der Waals surface area (Å²) >= 11 is 6.22. The molecule has 0 fully saturated rings. The van der Waals surface area contributed by atoms with Crippen molar-refractivity contribution in [1.82, 2.24) is 0 Å². The Morgan fingerprint density at radius 1 is 0.895 bits per heavy atom. The van der Waals surface area contributed by atoms with Gasteiger partial charge in [-0.1, -0.05) is 36.7 Å². The Balaban J connectivity index is 1.43. The lowest BCUT2D eigenvalue weighted by Crippen LogP contribution is -2.32. The Labute approximate surface area is 225 Å². The van der Waals surface area contributed by atoms with Crippen molar-refractivity contribution in [2.24, 2.45) is 0 Å². The molecule has 0 aliphatic carbocycles. The fraction of sp³-hybridized carbons (Fsp3) is 0.172. The molecule has 1 aliphatic rings. The molecule has 0 spiro atoms. The van der Waals surface area contributed by atoms with Crippen LogP contribution in [0.1, 0.15) is 47.1 Å². The lowest BCUT2D eigenvalue weighted by atomic mass is 10.1. The molecule has 3 aromatic carbocycles. The normalized spacial score (nSPS) is 13.2. The van der Waals surface area contributed by atoms with Crippen LogP contribution < -0.4 is 15.5 Å². The minimum Gasteiger partial charge on any atom is -0.459 e. The number of nitrogens with one attached hydrogen (secondary N) is 2. The first kappa shape index (κ1) is 26.6. The summed E-state index contributed by atoms with van der Waals surface area (Å²) in [5, 5.41) is 5.43. The molecule has 0 radical (unpaired) electrons. The highest BCUT2D eigenvalue weighted by molar-refractivity contribution is 6.53. The molecule has 8 nitrogen and oxygen atoms in total. The molecule has 0 saturated heterocycles. The second-order valence-corrected chi connectivity index (χ2v) is 9.22. The molecule has 1 aliphatic heterocycles. The Bertz CT molecular complexity index is 1430. The van der Waals surface area contributed by atoms with Gasteiger partial charge in [-0.3, -0.25) is 14.4 Å². The zero-order valence-electron chi connectivity index (χ0n) is 21.1. The maximum Gasteiger partial charge on any atom is 0.338 e. The zero-order valence-corrected chi connectivity index (χ0v) is 21.8. The first-order chi connectivity index (χ1) is 18.2. The number of carbonyl (C=O) groups is 4. The number of benzene rings is 3. The van der Waals surface area contributed by atoms with Gasteiger partial charge in [-0.2, -0.15) is 0 Å². The van der Waals surface area contributed by atoms with E-state index in [0.717, 1.165) is 16.9 Å². The van der Waals surface area contributed by atoms with E-state index in [2.05, 4.69) is 10.6 Å². The average molecular weight is 532 g/mol. The predicted octanol–water partition coefficient (Wildman–Crippen LogP) is 5.50. The summed E-state index contributed by atoms with van der Waals surface area (Å²) in [7, 11) is 0. The van der Waals surface area contributed by atoms with Crippen LogP contribution in [0.3, 0.4) is 0 Å². The lowest BCUT2D eigenvalue weighted by molar-refractivity contribution is -0.120. The molecular formula is C29H26ClN3O5. The molecule has 194 valence electrons. The standard InChI is InChI=1S/C29H26ClN3O5/c1-4-18-8-14-23(15-9-18)33-27(35)24(30)25(28(33)36)31-21-12-10-19(11-13-21)26(34)32-22-7-5-6-20(16-22)29(37)38-17(2)3/h5-17,31H,4H2,1-3H3,(H,32,34). The number of nitrogens with zero attached hydrogens (tertiary/aromatic N) is 1. The van der Waals surface area contributed by atoms with Crippen LogP contribution in [0.5, 0.6) is 0 Å². The SMILES string of the molecule is CCc1ccc(N2C(=O)C(Cl)=C(Nc3ccc(C(=O)Nc4cccc(C(=O)OC(C)C)c4)cc3)C2=O)cc1. The summed E-state index contributed by atoms with van der Waals surface area (Å²) in [4.78, 5) is 51.6. The number of aryl methyl sites for hydroxylation is 1. The Morgan fingerprint density at radius 3 is 2.21 bits per heavy atom. The number of amides is 3. The highest BCUT2D eigenvalue weighted by Gasteiger charge is 2.38. The van der Waals surface area contributed by atoms with E-state index in [9.17, 15) is 19.2 Å². The lowest BCUT2D eigenvalue weighted by Gasteiger charge is -2.15. The number of hydrogen-bond acceptors (Lipinski definition) is 6. The number of rotatable bonds is 8. The summed E-state index contributed by atoms with van der Waals surface area (Å²) in [5.74, 6) is -2.05. The fourth-order valence-electron chi connectivity index (χ4n) is 3.79. The van der Waals surface area contributed by atoms with Gasteiger partial charge in [0.2, 0.25) is 0 Å². The van der Waals surface area contributed by atoms with Gasteiger partial charge in [-0.25, -0.2) is 9.69 Å². The third-order valence-electron chi connectivity index (χ3n) is 5.75. The van der Waals surface area contributed by atoms with Gasteiger partial charge in [-0.05, 0) is 80.4 Å². The maximum absolute atomic E-state index is 13.0. The van der Waals surface area contributed by atoms with Crippen molar-refractivity contribution in [1.29, 1.82) is 0 Å². The van der Waals surface area contributed by atoms with Gasteiger partial charge in [-0.15, -0.1) is 0 Å². The fourth-order valence-corrected chi connectivity index (χ4v) is 4.00. The van der Waals surface area contributed by atoms with E-state index in [0.29, 0.717) is 28.2 Å². The summed E-state index contributed by atoms with van der Waals surface area (Å²) < 4.78 is 5.19. The number of carbonyl (C=O) groups excluding carboxylic acids is 4. The third-order valence-corrected chi connectivity index (χ3v) is 6.10. The molecular weight excluding hydrogens is 506 g/mol. The van der Waals surface area contributed by atoms with Crippen LogP contribution in [0.15, 0.2) is 83.5 Å². The molecule has 38 heavy (non-hydrogen) atoms. The smallest absolute Gasteiger partial charge is 0.338 e. The number of imide groups is 1. The number of ether oxygens (including phenoxy) is 1. The van der Waals surface area contributed by atoms with Gasteiger partial charge in [0.25, 0.3) is 17.7 Å². The molecule has 2 N–H and O–H groups in total. The molecule has 4 rings (SSSR count). The van der Waals surface area contributed by atoms with Crippen molar-refractivity contribution in [3.05, 3.63) is 100 Å². The Morgan fingerprint density at radius 2 is 1.58 bits per heavy atom. The Hall–Kier alpha value is -4.43. The minimum absolute atomic E-state index is 0.0430. The quantitative estimate of drug-likeness (QED) is 0.294. The van der Waals surface area contributed by atoms with Crippen molar-refractivity contribution < 1.29 is 23.9 Å². The van der Waals surface area contributed by atoms with Crippen molar-refractivity contribution >= 4 is 52.4 Å². The topological polar surface area (TPSA) is 105 Å². The molecule has 3 aromatic rings. The van der Waals surface area contributed by atoms with Crippen LogP contribution in [-0.4, -0.2) is 29.8 Å². The molecule has 0 saturated carbocycles. The van der Waals surface area contributed by atoms with Crippen LogP contribution in [0.4, 0.5) is 17.1 Å². The summed E-state index contributed by atoms with van der Waals surface area (Å²) in [6.07, 6.45) is 0.577. The van der Waals surface area contributed by atoms with E-state index in [1.54, 1.807) is 68.4 Å². The minimum atomic E-state index is -0.612. The highest BCUT2D eigenvalue weighted by atomic mass is 35.5. The second-order valence-electron chi connectivity index (χ2n) is 8.85. The predicted molar refractivity (Wildman–Crippen MR) is 146 cm³/mol. The van der Waals surface area contributed by atoms with Gasteiger partial charge >= 0.3 is 5.97 Å². The van der Waals surface area contributed by atoms with E-state index in [1.165, 1.54) is 6.07 Å². The first-order valence-corrected chi connectivity index (χ1v) is 12.4. The second kappa shape index (κ2) is 11.3. The van der Waals surface area contributed by atoms with E-state index >= 15 is 0 Å². The summed E-state index contributed by atoms with van der Waals surface area (Å²) in [5.41, 5.74) is 3.05. The summed E-state index contributed by atoms with van der Waals surface area (Å²) in [6, 6.07) is 19.9. The maximum atomic E-state index is 13.0. The molecule has 3 amide bonds. The van der Waals surface area contributed by atoms with Gasteiger partial charge < -0.3 is 15.4 Å². The van der Waals surface area contributed by atoms with Crippen LogP contribution in [-0.2, 0) is 20.7 Å². The average Bonchev–Trinajstić information content (AvgIpc) is 3.11. The van der Waals surface area contributed by atoms with E-state index in [4.69, 9.17) is 16.3 Å². The van der Waals surface area contributed by atoms with Crippen molar-refractivity contribution in [3.63, 3.8) is 0 Å². The van der Waals surface area contributed by atoms with E-state index in [-0.39, 0.29) is 16.8 Å². The summed E-state index contributed by atoms with van der Waals surface area (Å²) in [6.45, 7) is 5.53. The van der Waals surface area contributed by atoms with Crippen molar-refractivity contribution in [2.75, 3.05) is 15.5 Å². The molecule has 1 heterocycles. The van der Waals surface area contributed by atoms with Gasteiger partial charge in [0.1, 0.15) is 10.7 Å². The van der Waals surface area contributed by atoms with Crippen LogP contribution >= 0.6 is 11.6 Å². The molecule has 0 unspecified atom stereocenters. The van der Waals surface area contributed by atoms with Crippen LogP contribution in [0, 0.1) is 0 Å². The van der Waals surface area contributed by atoms with Crippen molar-refractivity contribution in [2.45, 2.75) is 33.3 Å².